The molecule has 3 rings (SSSR count). The average Bonchev–Trinajstić information content (AvgIpc) is 2.73. The monoisotopic (exact) mass is 374 g/mol. The molecule has 2 aromatic carbocycles. The SMILES string of the molecule is CCN(Cc1ccccc1)c1ncc(C(=O)N(CC)c2cccc(C)c2)cn1. The van der Waals surface area contributed by atoms with Gasteiger partial charge in [0.15, 0.2) is 0 Å². The van der Waals surface area contributed by atoms with Crippen molar-refractivity contribution in [3.8, 4) is 0 Å². The van der Waals surface area contributed by atoms with Crippen molar-refractivity contribution in [3.05, 3.63) is 83.7 Å². The van der Waals surface area contributed by atoms with Gasteiger partial charge in [0.05, 0.1) is 5.56 Å². The predicted molar refractivity (Wildman–Crippen MR) is 114 cm³/mol. The molecule has 5 nitrogen and oxygen atoms in total. The fourth-order valence-corrected chi connectivity index (χ4v) is 3.12. The van der Waals surface area contributed by atoms with Crippen LogP contribution in [0.2, 0.25) is 0 Å². The molecule has 1 aromatic heterocycles. The standard InChI is InChI=1S/C23H26N4O/c1-4-26(17-19-11-7-6-8-12-19)23-24-15-20(16-25-23)22(28)27(5-2)21-13-9-10-18(3)14-21/h6-16H,4-5,17H2,1-3H3. The third-order valence-electron chi connectivity index (χ3n) is 4.64. The van der Waals surface area contributed by atoms with Crippen LogP contribution in [-0.4, -0.2) is 29.0 Å². The Kier molecular flexibility index (Phi) is 6.37. The predicted octanol–water partition coefficient (Wildman–Crippen LogP) is 4.48. The first-order valence-electron chi connectivity index (χ1n) is 9.61. The maximum absolute atomic E-state index is 13.0. The summed E-state index contributed by atoms with van der Waals surface area (Å²) in [6.07, 6.45) is 3.24. The van der Waals surface area contributed by atoms with Gasteiger partial charge in [0.25, 0.3) is 5.91 Å². The number of hydrogen-bond donors (Lipinski definition) is 0. The molecule has 0 aliphatic rings. The summed E-state index contributed by atoms with van der Waals surface area (Å²) < 4.78 is 0. The molecule has 0 aliphatic carbocycles. The highest BCUT2D eigenvalue weighted by atomic mass is 16.2. The largest absolute Gasteiger partial charge is 0.337 e. The van der Waals surface area contributed by atoms with Crippen LogP contribution >= 0.6 is 0 Å². The van der Waals surface area contributed by atoms with Crippen molar-refractivity contribution < 1.29 is 4.79 Å². The summed E-state index contributed by atoms with van der Waals surface area (Å²) in [6, 6.07) is 18.2. The molecule has 0 atom stereocenters. The maximum Gasteiger partial charge on any atom is 0.261 e. The third-order valence-corrected chi connectivity index (χ3v) is 4.64. The van der Waals surface area contributed by atoms with E-state index in [4.69, 9.17) is 0 Å². The van der Waals surface area contributed by atoms with E-state index in [1.54, 1.807) is 17.3 Å². The van der Waals surface area contributed by atoms with E-state index in [9.17, 15) is 4.79 Å². The van der Waals surface area contributed by atoms with Crippen LogP contribution in [0.1, 0.15) is 35.3 Å². The van der Waals surface area contributed by atoms with E-state index in [0.29, 0.717) is 18.1 Å². The lowest BCUT2D eigenvalue weighted by Gasteiger charge is -2.23. The molecule has 0 bridgehead atoms. The van der Waals surface area contributed by atoms with Crippen molar-refractivity contribution in [2.45, 2.75) is 27.3 Å². The van der Waals surface area contributed by atoms with Gasteiger partial charge >= 0.3 is 0 Å². The first kappa shape index (κ1) is 19.5. The molecule has 3 aromatic rings. The number of aromatic nitrogens is 2. The van der Waals surface area contributed by atoms with E-state index in [2.05, 4.69) is 33.9 Å². The number of aryl methyl sites for hydroxylation is 1. The third kappa shape index (κ3) is 4.55. The molecular formula is C23H26N4O. The Morgan fingerprint density at radius 1 is 0.929 bits per heavy atom. The maximum atomic E-state index is 13.0. The number of benzene rings is 2. The molecule has 5 heteroatoms. The van der Waals surface area contributed by atoms with Gasteiger partial charge in [-0.05, 0) is 44.0 Å². The van der Waals surface area contributed by atoms with Gasteiger partial charge in [-0.2, -0.15) is 0 Å². The van der Waals surface area contributed by atoms with Gasteiger partial charge in [-0.3, -0.25) is 4.79 Å². The van der Waals surface area contributed by atoms with Crippen molar-refractivity contribution in [1.29, 1.82) is 0 Å². The molecule has 1 heterocycles. The zero-order chi connectivity index (χ0) is 19.9. The van der Waals surface area contributed by atoms with Crippen LogP contribution in [0.3, 0.4) is 0 Å². The summed E-state index contributed by atoms with van der Waals surface area (Å²) >= 11 is 0. The lowest BCUT2D eigenvalue weighted by Crippen LogP contribution is -2.31. The molecule has 0 fully saturated rings. The molecule has 28 heavy (non-hydrogen) atoms. The summed E-state index contributed by atoms with van der Waals surface area (Å²) in [5, 5.41) is 0. The lowest BCUT2D eigenvalue weighted by atomic mass is 10.2. The average molecular weight is 374 g/mol. The smallest absolute Gasteiger partial charge is 0.261 e. The molecule has 0 unspecified atom stereocenters. The van der Waals surface area contributed by atoms with E-state index >= 15 is 0 Å². The van der Waals surface area contributed by atoms with Crippen molar-refractivity contribution >= 4 is 17.5 Å². The Morgan fingerprint density at radius 2 is 1.64 bits per heavy atom. The van der Waals surface area contributed by atoms with E-state index < -0.39 is 0 Å². The van der Waals surface area contributed by atoms with Gasteiger partial charge in [-0.1, -0.05) is 42.5 Å². The van der Waals surface area contributed by atoms with Gasteiger partial charge in [-0.25, -0.2) is 9.97 Å². The Bertz CT molecular complexity index is 909. The fraction of sp³-hybridized carbons (Fsp3) is 0.261. The van der Waals surface area contributed by atoms with Gasteiger partial charge in [0.2, 0.25) is 5.95 Å². The normalized spacial score (nSPS) is 10.5. The zero-order valence-corrected chi connectivity index (χ0v) is 16.7. The van der Waals surface area contributed by atoms with Gasteiger partial charge in [-0.15, -0.1) is 0 Å². The molecule has 0 saturated heterocycles. The van der Waals surface area contributed by atoms with Crippen LogP contribution in [-0.2, 0) is 6.54 Å². The van der Waals surface area contributed by atoms with Gasteiger partial charge in [0.1, 0.15) is 0 Å². The van der Waals surface area contributed by atoms with E-state index in [-0.39, 0.29) is 5.91 Å². The number of carbonyl (C=O) groups excluding carboxylic acids is 1. The highest BCUT2D eigenvalue weighted by Gasteiger charge is 2.18. The Morgan fingerprint density at radius 3 is 2.25 bits per heavy atom. The second-order valence-electron chi connectivity index (χ2n) is 6.66. The summed E-state index contributed by atoms with van der Waals surface area (Å²) in [5.41, 5.74) is 3.69. The highest BCUT2D eigenvalue weighted by molar-refractivity contribution is 6.05. The first-order valence-corrected chi connectivity index (χ1v) is 9.61. The minimum absolute atomic E-state index is 0.0919. The van der Waals surface area contributed by atoms with E-state index in [0.717, 1.165) is 24.3 Å². The van der Waals surface area contributed by atoms with Crippen molar-refractivity contribution in [1.82, 2.24) is 9.97 Å². The second kappa shape index (κ2) is 9.13. The van der Waals surface area contributed by atoms with Crippen molar-refractivity contribution in [2.75, 3.05) is 22.9 Å². The van der Waals surface area contributed by atoms with E-state index in [1.165, 1.54) is 5.56 Å². The molecule has 0 N–H and O–H groups in total. The quantitative estimate of drug-likeness (QED) is 0.612. The van der Waals surface area contributed by atoms with Crippen LogP contribution < -0.4 is 9.80 Å². The number of carbonyl (C=O) groups is 1. The lowest BCUT2D eigenvalue weighted by molar-refractivity contribution is 0.0987. The number of rotatable bonds is 7. The number of nitrogens with zero attached hydrogens (tertiary/aromatic N) is 4. The van der Waals surface area contributed by atoms with E-state index in [1.807, 2.05) is 56.3 Å². The minimum atomic E-state index is -0.0919. The highest BCUT2D eigenvalue weighted by Crippen LogP contribution is 2.19. The van der Waals surface area contributed by atoms with Crippen molar-refractivity contribution in [3.63, 3.8) is 0 Å². The molecule has 0 radical (unpaired) electrons. The number of hydrogen-bond acceptors (Lipinski definition) is 4. The van der Waals surface area contributed by atoms with Crippen LogP contribution in [0.15, 0.2) is 67.0 Å². The molecular weight excluding hydrogens is 348 g/mol. The Labute approximate surface area is 166 Å². The van der Waals surface area contributed by atoms with Crippen LogP contribution in [0.25, 0.3) is 0 Å². The molecule has 0 aliphatic heterocycles. The van der Waals surface area contributed by atoms with Gasteiger partial charge < -0.3 is 9.80 Å². The Balaban J connectivity index is 1.77. The Hall–Kier alpha value is -3.21. The van der Waals surface area contributed by atoms with Crippen LogP contribution in [0.5, 0.6) is 0 Å². The van der Waals surface area contributed by atoms with Crippen LogP contribution in [0.4, 0.5) is 11.6 Å². The molecule has 1 amide bonds. The summed E-state index contributed by atoms with van der Waals surface area (Å²) in [7, 11) is 0. The van der Waals surface area contributed by atoms with Gasteiger partial charge in [0, 0.05) is 37.7 Å². The molecule has 144 valence electrons. The number of anilines is 2. The number of amides is 1. The van der Waals surface area contributed by atoms with Crippen LogP contribution in [0, 0.1) is 6.92 Å². The zero-order valence-electron chi connectivity index (χ0n) is 16.7. The summed E-state index contributed by atoms with van der Waals surface area (Å²) in [4.78, 5) is 25.7. The summed E-state index contributed by atoms with van der Waals surface area (Å²) in [6.45, 7) is 8.16. The summed E-state index contributed by atoms with van der Waals surface area (Å²) in [5.74, 6) is 0.535. The minimum Gasteiger partial charge on any atom is -0.337 e. The molecule has 0 saturated carbocycles. The molecule has 0 spiro atoms. The van der Waals surface area contributed by atoms with Crippen molar-refractivity contribution in [2.24, 2.45) is 0 Å². The second-order valence-corrected chi connectivity index (χ2v) is 6.66. The fourth-order valence-electron chi connectivity index (χ4n) is 3.12. The first-order chi connectivity index (χ1) is 13.6. The topological polar surface area (TPSA) is 49.3 Å².